The van der Waals surface area contributed by atoms with Crippen LogP contribution in [0.5, 0.6) is 5.75 Å². The first kappa shape index (κ1) is 37.0. The van der Waals surface area contributed by atoms with E-state index >= 15 is 0 Å². The average molecular weight is 690 g/mol. The predicted octanol–water partition coefficient (Wildman–Crippen LogP) is 2.27. The van der Waals surface area contributed by atoms with Crippen molar-refractivity contribution in [3.05, 3.63) is 54.0 Å². The monoisotopic (exact) mass is 689 g/mol. The number of aryl methyl sites for hydroxylation is 2. The molecule has 0 aliphatic carbocycles. The van der Waals surface area contributed by atoms with E-state index < -0.39 is 24.4 Å². The lowest BCUT2D eigenvalue weighted by molar-refractivity contribution is -0.274. The Hall–Kier alpha value is -5.50. The minimum Gasteiger partial charge on any atom is -0.475 e. The van der Waals surface area contributed by atoms with Gasteiger partial charge >= 0.3 is 18.5 Å². The largest absolute Gasteiger partial charge is 0.573 e. The van der Waals surface area contributed by atoms with E-state index in [2.05, 4.69) is 35.9 Å². The minimum atomic E-state index is -5.08. The molecular formula is C27H29F6N9O6. The van der Waals surface area contributed by atoms with Crippen LogP contribution < -0.4 is 20.3 Å². The number of rotatable bonds is 11. The molecule has 21 heteroatoms. The number of nitrogens with zero attached hydrogens (tertiary/aromatic N) is 7. The molecule has 3 N–H and O–H groups in total. The highest BCUT2D eigenvalue weighted by molar-refractivity contribution is 5.95. The lowest BCUT2D eigenvalue weighted by Gasteiger charge is -2.35. The molecule has 0 radical (unpaired) electrons. The second kappa shape index (κ2) is 16.4. The van der Waals surface area contributed by atoms with E-state index in [-0.39, 0.29) is 48.7 Å². The molecule has 3 aromatic rings. The van der Waals surface area contributed by atoms with Crippen molar-refractivity contribution in [3.8, 4) is 5.75 Å². The molecular weight excluding hydrogens is 660 g/mol. The van der Waals surface area contributed by atoms with Crippen LogP contribution in [0.15, 0.2) is 42.6 Å². The molecule has 0 bridgehead atoms. The SMILES string of the molecule is CNC(=O)c1cn(CCCCc2ccc(NC(=O)CN3CCN(c4cccc(OC(F)(F)F)c4)CC3=O)nn2)nn1.O=C(O)C(F)(F)F. The number of hydrogen-bond donors (Lipinski definition) is 3. The summed E-state index contributed by atoms with van der Waals surface area (Å²) in [6, 6.07) is 8.78. The van der Waals surface area contributed by atoms with Crippen molar-refractivity contribution < 1.29 is 55.4 Å². The fraction of sp³-hybridized carbons (Fsp3) is 0.407. The Morgan fingerprint density at radius 3 is 2.33 bits per heavy atom. The fourth-order valence-electron chi connectivity index (χ4n) is 4.11. The van der Waals surface area contributed by atoms with E-state index in [1.54, 1.807) is 34.0 Å². The Balaban J connectivity index is 0.000000804. The molecule has 0 spiro atoms. The highest BCUT2D eigenvalue weighted by Crippen LogP contribution is 2.27. The van der Waals surface area contributed by atoms with E-state index in [0.717, 1.165) is 18.5 Å². The fourth-order valence-corrected chi connectivity index (χ4v) is 4.11. The maximum Gasteiger partial charge on any atom is 0.573 e. The standard InChI is InChI=1S/C25H28F3N9O4.C2HF3O2/c1-29-24(40)20-14-37(34-32-20)10-3-2-5-17-8-9-21(33-31-17)30-22(38)15-36-12-11-35(16-23(36)39)18-6-4-7-19(13-18)41-25(26,27)28;3-2(4,5)1(6)7/h4,6-9,13-14H,2-3,5,10-12,15-16H2,1H3,(H,29,40)(H,30,33,38);(H,6,7). The first-order valence-corrected chi connectivity index (χ1v) is 14.0. The van der Waals surface area contributed by atoms with Crippen LogP contribution in [0, 0.1) is 0 Å². The molecule has 3 amide bonds. The van der Waals surface area contributed by atoms with Crippen LogP contribution in [0.1, 0.15) is 29.0 Å². The zero-order chi connectivity index (χ0) is 35.5. The number of aromatic nitrogens is 5. The van der Waals surface area contributed by atoms with Crippen molar-refractivity contribution >= 4 is 35.2 Å². The van der Waals surface area contributed by atoms with Gasteiger partial charge in [0.15, 0.2) is 11.5 Å². The molecule has 0 unspecified atom stereocenters. The van der Waals surface area contributed by atoms with Crippen LogP contribution in [0.4, 0.5) is 37.8 Å². The van der Waals surface area contributed by atoms with Gasteiger partial charge in [-0.25, -0.2) is 4.79 Å². The van der Waals surface area contributed by atoms with E-state index in [0.29, 0.717) is 25.2 Å². The normalized spacial score (nSPS) is 13.4. The molecule has 1 aromatic carbocycles. The molecule has 260 valence electrons. The molecule has 2 aromatic heterocycles. The molecule has 1 aliphatic rings. The van der Waals surface area contributed by atoms with Gasteiger partial charge in [-0.3, -0.25) is 19.1 Å². The smallest absolute Gasteiger partial charge is 0.475 e. The van der Waals surface area contributed by atoms with Crippen LogP contribution in [-0.4, -0.2) is 105 Å². The maximum atomic E-state index is 12.6. The molecule has 1 aliphatic heterocycles. The number of unbranched alkanes of at least 4 members (excludes halogenated alkanes) is 1. The summed E-state index contributed by atoms with van der Waals surface area (Å²) in [6.45, 7) is 0.843. The Bertz CT molecular complexity index is 1570. The third-order valence-corrected chi connectivity index (χ3v) is 6.37. The van der Waals surface area contributed by atoms with Crippen molar-refractivity contribution in [2.45, 2.75) is 38.3 Å². The molecule has 4 rings (SSSR count). The van der Waals surface area contributed by atoms with Gasteiger partial charge in [-0.1, -0.05) is 11.3 Å². The second-order valence-electron chi connectivity index (χ2n) is 9.95. The predicted molar refractivity (Wildman–Crippen MR) is 153 cm³/mol. The first-order chi connectivity index (χ1) is 22.5. The zero-order valence-electron chi connectivity index (χ0n) is 25.1. The summed E-state index contributed by atoms with van der Waals surface area (Å²) in [4.78, 5) is 48.6. The van der Waals surface area contributed by atoms with Crippen molar-refractivity contribution in [1.82, 2.24) is 35.4 Å². The Kier molecular flexibility index (Phi) is 12.6. The molecule has 0 atom stereocenters. The number of carbonyl (C=O) groups excluding carboxylic acids is 3. The summed E-state index contributed by atoms with van der Waals surface area (Å²) in [5.41, 5.74) is 1.41. The molecule has 1 saturated heterocycles. The van der Waals surface area contributed by atoms with Crippen LogP contribution in [0.25, 0.3) is 0 Å². The van der Waals surface area contributed by atoms with Crippen molar-refractivity contribution in [2.24, 2.45) is 0 Å². The third-order valence-electron chi connectivity index (χ3n) is 6.37. The van der Waals surface area contributed by atoms with Gasteiger partial charge in [0.05, 0.1) is 18.4 Å². The molecule has 0 saturated carbocycles. The quantitative estimate of drug-likeness (QED) is 0.198. The number of benzene rings is 1. The summed E-state index contributed by atoms with van der Waals surface area (Å²) < 4.78 is 74.8. The van der Waals surface area contributed by atoms with Crippen molar-refractivity contribution in [3.63, 3.8) is 0 Å². The summed E-state index contributed by atoms with van der Waals surface area (Å²) in [5, 5.41) is 28.1. The lowest BCUT2D eigenvalue weighted by atomic mass is 10.2. The number of nitrogens with one attached hydrogen (secondary N) is 2. The number of ether oxygens (including phenoxy) is 1. The summed E-state index contributed by atoms with van der Waals surface area (Å²) >= 11 is 0. The van der Waals surface area contributed by atoms with Crippen LogP contribution in [-0.2, 0) is 27.3 Å². The third kappa shape index (κ3) is 12.0. The number of piperazine rings is 1. The van der Waals surface area contributed by atoms with E-state index in [4.69, 9.17) is 9.90 Å². The number of carboxylic acid groups (broad SMARTS) is 1. The van der Waals surface area contributed by atoms with Crippen molar-refractivity contribution in [2.75, 3.05) is 43.4 Å². The van der Waals surface area contributed by atoms with Crippen LogP contribution >= 0.6 is 0 Å². The number of halogens is 6. The summed E-state index contributed by atoms with van der Waals surface area (Å²) in [7, 11) is 1.52. The maximum absolute atomic E-state index is 12.6. The second-order valence-corrected chi connectivity index (χ2v) is 9.95. The van der Waals surface area contributed by atoms with E-state index in [1.165, 1.54) is 30.1 Å². The Morgan fingerprint density at radius 2 is 1.73 bits per heavy atom. The zero-order valence-corrected chi connectivity index (χ0v) is 25.1. The van der Waals surface area contributed by atoms with Gasteiger partial charge in [-0.05, 0) is 43.5 Å². The number of aliphatic carboxylic acids is 1. The summed E-state index contributed by atoms with van der Waals surface area (Å²) in [6.07, 6.45) is -6.08. The average Bonchev–Trinajstić information content (AvgIpc) is 3.49. The van der Waals surface area contributed by atoms with E-state index in [9.17, 15) is 40.7 Å². The number of amides is 3. The molecule has 3 heterocycles. The Labute approximate surface area is 267 Å². The van der Waals surface area contributed by atoms with E-state index in [1.807, 2.05) is 0 Å². The van der Waals surface area contributed by atoms with Gasteiger partial charge in [0.1, 0.15) is 12.3 Å². The van der Waals surface area contributed by atoms with Crippen molar-refractivity contribution in [1.29, 1.82) is 0 Å². The first-order valence-electron chi connectivity index (χ1n) is 14.0. The molecule has 1 fully saturated rings. The molecule has 15 nitrogen and oxygen atoms in total. The van der Waals surface area contributed by atoms with Crippen LogP contribution in [0.2, 0.25) is 0 Å². The minimum absolute atomic E-state index is 0.0939. The van der Waals surface area contributed by atoms with Gasteiger partial charge in [-0.2, -0.15) is 18.3 Å². The van der Waals surface area contributed by atoms with Gasteiger partial charge in [0.25, 0.3) is 5.91 Å². The van der Waals surface area contributed by atoms with Gasteiger partial charge in [0.2, 0.25) is 11.8 Å². The van der Waals surface area contributed by atoms with Gasteiger partial charge < -0.3 is 30.3 Å². The number of carbonyl (C=O) groups is 4. The molecule has 48 heavy (non-hydrogen) atoms. The lowest BCUT2D eigenvalue weighted by Crippen LogP contribution is -2.52. The van der Waals surface area contributed by atoms with Gasteiger partial charge in [0, 0.05) is 38.4 Å². The van der Waals surface area contributed by atoms with Crippen LogP contribution in [0.3, 0.4) is 0 Å². The number of alkyl halides is 6. The highest BCUT2D eigenvalue weighted by Gasteiger charge is 2.38. The topological polar surface area (TPSA) is 185 Å². The number of carboxylic acids is 1. The number of anilines is 2. The number of hydrogen-bond acceptors (Lipinski definition) is 10. The van der Waals surface area contributed by atoms with Gasteiger partial charge in [-0.15, -0.1) is 23.4 Å². The summed E-state index contributed by atoms with van der Waals surface area (Å²) in [5.74, 6) is -3.97. The Morgan fingerprint density at radius 1 is 1.00 bits per heavy atom. The highest BCUT2D eigenvalue weighted by atomic mass is 19.4.